The molecule has 1 aromatic carbocycles. The molecule has 3 heterocycles. The summed E-state index contributed by atoms with van der Waals surface area (Å²) in [7, 11) is 0. The quantitative estimate of drug-likeness (QED) is 0.844. The van der Waals surface area contributed by atoms with Crippen molar-refractivity contribution in [2.24, 2.45) is 0 Å². The van der Waals surface area contributed by atoms with Crippen LogP contribution in [0.15, 0.2) is 30.3 Å². The molecule has 2 fully saturated rings. The van der Waals surface area contributed by atoms with Crippen LogP contribution in [-0.4, -0.2) is 48.2 Å². The number of para-hydroxylation sites is 2. The Labute approximate surface area is 166 Å². The molecule has 4 rings (SSSR count). The molecule has 0 amide bonds. The van der Waals surface area contributed by atoms with E-state index in [0.717, 1.165) is 54.8 Å². The molecule has 2 saturated heterocycles. The highest BCUT2D eigenvalue weighted by Gasteiger charge is 2.40. The molecule has 0 bridgehead atoms. The van der Waals surface area contributed by atoms with Crippen molar-refractivity contribution in [3.63, 3.8) is 0 Å². The van der Waals surface area contributed by atoms with Crippen LogP contribution in [-0.2, 0) is 9.47 Å². The number of rotatable bonds is 5. The summed E-state index contributed by atoms with van der Waals surface area (Å²) >= 11 is 0. The first kappa shape index (κ1) is 19.0. The summed E-state index contributed by atoms with van der Waals surface area (Å²) in [5.74, 6) is 1.91. The van der Waals surface area contributed by atoms with Crippen LogP contribution in [0.4, 0.5) is 17.5 Å². The average Bonchev–Trinajstić information content (AvgIpc) is 3.11. The SMILES string of the molecule is Cc1cc(Nc2ccccc2OC(C)C)nc(N2CCC3(CC2)OCCO3)n1. The van der Waals surface area contributed by atoms with Crippen LogP contribution in [0.5, 0.6) is 5.75 Å². The first-order valence-corrected chi connectivity index (χ1v) is 9.94. The molecule has 1 N–H and O–H groups in total. The zero-order chi connectivity index (χ0) is 19.6. The van der Waals surface area contributed by atoms with Gasteiger partial charge in [0.25, 0.3) is 0 Å². The van der Waals surface area contributed by atoms with E-state index in [1.165, 1.54) is 0 Å². The molecule has 0 unspecified atom stereocenters. The topological polar surface area (TPSA) is 68.7 Å². The van der Waals surface area contributed by atoms with Gasteiger partial charge >= 0.3 is 0 Å². The van der Waals surface area contributed by atoms with E-state index in [2.05, 4.69) is 15.2 Å². The molecule has 150 valence electrons. The largest absolute Gasteiger partial charge is 0.489 e. The van der Waals surface area contributed by atoms with E-state index < -0.39 is 5.79 Å². The molecule has 0 saturated carbocycles. The average molecular weight is 384 g/mol. The fourth-order valence-electron chi connectivity index (χ4n) is 3.66. The monoisotopic (exact) mass is 384 g/mol. The second-order valence-electron chi connectivity index (χ2n) is 7.58. The van der Waals surface area contributed by atoms with Crippen molar-refractivity contribution in [3.05, 3.63) is 36.0 Å². The predicted molar refractivity (Wildman–Crippen MR) is 108 cm³/mol. The molecule has 0 atom stereocenters. The Kier molecular flexibility index (Phi) is 5.37. The van der Waals surface area contributed by atoms with E-state index in [0.29, 0.717) is 13.2 Å². The molecule has 2 aliphatic heterocycles. The molecule has 2 aromatic rings. The van der Waals surface area contributed by atoms with Crippen molar-refractivity contribution in [1.82, 2.24) is 9.97 Å². The van der Waals surface area contributed by atoms with Crippen molar-refractivity contribution < 1.29 is 14.2 Å². The predicted octanol–water partition coefficient (Wildman–Crippen LogP) is 3.66. The van der Waals surface area contributed by atoms with Crippen molar-refractivity contribution in [2.75, 3.05) is 36.5 Å². The molecule has 1 spiro atoms. The lowest BCUT2D eigenvalue weighted by Gasteiger charge is -2.37. The Hall–Kier alpha value is -2.38. The van der Waals surface area contributed by atoms with Gasteiger partial charge in [-0.2, -0.15) is 4.98 Å². The number of aromatic nitrogens is 2. The minimum Gasteiger partial charge on any atom is -0.489 e. The third-order valence-corrected chi connectivity index (χ3v) is 4.98. The molecule has 7 nitrogen and oxygen atoms in total. The number of benzene rings is 1. The molecule has 7 heteroatoms. The van der Waals surface area contributed by atoms with Gasteiger partial charge in [0.1, 0.15) is 11.6 Å². The van der Waals surface area contributed by atoms with Gasteiger partial charge in [0.15, 0.2) is 5.79 Å². The summed E-state index contributed by atoms with van der Waals surface area (Å²) in [5.41, 5.74) is 1.81. The van der Waals surface area contributed by atoms with Crippen LogP contribution >= 0.6 is 0 Å². The minimum absolute atomic E-state index is 0.103. The van der Waals surface area contributed by atoms with E-state index >= 15 is 0 Å². The number of aryl methyl sites for hydroxylation is 1. The van der Waals surface area contributed by atoms with Crippen LogP contribution in [0.25, 0.3) is 0 Å². The summed E-state index contributed by atoms with van der Waals surface area (Å²) in [6.45, 7) is 9.03. The maximum atomic E-state index is 5.90. The zero-order valence-corrected chi connectivity index (χ0v) is 16.8. The second-order valence-corrected chi connectivity index (χ2v) is 7.58. The molecular formula is C21H28N4O3. The third kappa shape index (κ3) is 4.20. The number of anilines is 3. The Morgan fingerprint density at radius 1 is 1.11 bits per heavy atom. The molecule has 0 radical (unpaired) electrons. The van der Waals surface area contributed by atoms with Crippen molar-refractivity contribution in [2.45, 2.75) is 45.5 Å². The lowest BCUT2D eigenvalue weighted by Crippen LogP contribution is -2.45. The Morgan fingerprint density at radius 2 is 1.82 bits per heavy atom. The maximum Gasteiger partial charge on any atom is 0.227 e. The van der Waals surface area contributed by atoms with E-state index in [-0.39, 0.29) is 6.10 Å². The number of nitrogens with one attached hydrogen (secondary N) is 1. The Balaban J connectivity index is 1.51. The summed E-state index contributed by atoms with van der Waals surface area (Å²) < 4.78 is 17.5. The van der Waals surface area contributed by atoms with Crippen molar-refractivity contribution >= 4 is 17.5 Å². The Bertz CT molecular complexity index is 811. The fraction of sp³-hybridized carbons (Fsp3) is 0.524. The van der Waals surface area contributed by atoms with Gasteiger partial charge in [-0.05, 0) is 32.9 Å². The van der Waals surface area contributed by atoms with Gasteiger partial charge in [-0.1, -0.05) is 12.1 Å². The third-order valence-electron chi connectivity index (χ3n) is 4.98. The highest BCUT2D eigenvalue weighted by molar-refractivity contribution is 5.65. The number of ether oxygens (including phenoxy) is 3. The van der Waals surface area contributed by atoms with Gasteiger partial charge < -0.3 is 24.4 Å². The van der Waals surface area contributed by atoms with Crippen LogP contribution in [0.2, 0.25) is 0 Å². The van der Waals surface area contributed by atoms with Crippen LogP contribution in [0.3, 0.4) is 0 Å². The standard InChI is InChI=1S/C21H28N4O3/c1-15(2)28-18-7-5-4-6-17(18)23-19-14-16(3)22-20(24-19)25-10-8-21(9-11-25)26-12-13-27-21/h4-7,14-15H,8-13H2,1-3H3,(H,22,23,24). The van der Waals surface area contributed by atoms with Crippen molar-refractivity contribution in [1.29, 1.82) is 0 Å². The summed E-state index contributed by atoms with van der Waals surface area (Å²) in [5, 5.41) is 3.39. The number of hydrogen-bond acceptors (Lipinski definition) is 7. The first-order chi connectivity index (χ1) is 13.5. The molecule has 28 heavy (non-hydrogen) atoms. The van der Waals surface area contributed by atoms with Gasteiger partial charge in [0, 0.05) is 37.7 Å². The van der Waals surface area contributed by atoms with Gasteiger partial charge in [0.2, 0.25) is 5.95 Å². The van der Waals surface area contributed by atoms with E-state index in [1.807, 2.05) is 51.1 Å². The normalized spacial score (nSPS) is 18.6. The van der Waals surface area contributed by atoms with Crippen LogP contribution in [0, 0.1) is 6.92 Å². The smallest absolute Gasteiger partial charge is 0.227 e. The minimum atomic E-state index is -0.394. The number of hydrogen-bond donors (Lipinski definition) is 1. The maximum absolute atomic E-state index is 5.90. The molecule has 0 aliphatic carbocycles. The number of piperidine rings is 1. The Morgan fingerprint density at radius 3 is 2.54 bits per heavy atom. The van der Waals surface area contributed by atoms with Crippen LogP contribution < -0.4 is 15.0 Å². The summed E-state index contributed by atoms with van der Waals surface area (Å²) in [6.07, 6.45) is 1.77. The van der Waals surface area contributed by atoms with Gasteiger partial charge in [-0.25, -0.2) is 4.98 Å². The van der Waals surface area contributed by atoms with Crippen molar-refractivity contribution in [3.8, 4) is 5.75 Å². The summed E-state index contributed by atoms with van der Waals surface area (Å²) in [4.78, 5) is 11.6. The summed E-state index contributed by atoms with van der Waals surface area (Å²) in [6, 6.07) is 9.86. The van der Waals surface area contributed by atoms with Gasteiger partial charge in [-0.3, -0.25) is 0 Å². The highest BCUT2D eigenvalue weighted by atomic mass is 16.7. The zero-order valence-electron chi connectivity index (χ0n) is 16.8. The molecule has 1 aromatic heterocycles. The highest BCUT2D eigenvalue weighted by Crippen LogP contribution is 2.33. The van der Waals surface area contributed by atoms with E-state index in [1.54, 1.807) is 0 Å². The van der Waals surface area contributed by atoms with Gasteiger partial charge in [-0.15, -0.1) is 0 Å². The van der Waals surface area contributed by atoms with Gasteiger partial charge in [0.05, 0.1) is 25.0 Å². The first-order valence-electron chi connectivity index (χ1n) is 9.94. The fourth-order valence-corrected chi connectivity index (χ4v) is 3.66. The lowest BCUT2D eigenvalue weighted by molar-refractivity contribution is -0.169. The molecule has 2 aliphatic rings. The van der Waals surface area contributed by atoms with Crippen LogP contribution in [0.1, 0.15) is 32.4 Å². The van der Waals surface area contributed by atoms with E-state index in [9.17, 15) is 0 Å². The lowest BCUT2D eigenvalue weighted by atomic mass is 10.0. The van der Waals surface area contributed by atoms with E-state index in [4.69, 9.17) is 19.2 Å². The molecular weight excluding hydrogens is 356 g/mol. The second kappa shape index (κ2) is 7.93. The number of nitrogens with zero attached hydrogens (tertiary/aromatic N) is 3.